The van der Waals surface area contributed by atoms with E-state index in [1.54, 1.807) is 12.4 Å². The molecule has 15 heavy (non-hydrogen) atoms. The van der Waals surface area contributed by atoms with Crippen molar-refractivity contribution in [3.8, 4) is 0 Å². The van der Waals surface area contributed by atoms with Crippen molar-refractivity contribution < 1.29 is 4.79 Å². The minimum absolute atomic E-state index is 0.147. The van der Waals surface area contributed by atoms with E-state index in [2.05, 4.69) is 15.3 Å². The predicted molar refractivity (Wildman–Crippen MR) is 56.4 cm³/mol. The molecule has 0 aromatic carbocycles. The van der Waals surface area contributed by atoms with Gasteiger partial charge in [-0.15, -0.1) is 0 Å². The second-order valence-electron chi connectivity index (χ2n) is 3.55. The van der Waals surface area contributed by atoms with E-state index in [0.717, 1.165) is 30.9 Å². The van der Waals surface area contributed by atoms with Crippen molar-refractivity contribution in [3.63, 3.8) is 0 Å². The number of allylic oxidation sites excluding steroid dienone is 1. The highest BCUT2D eigenvalue weighted by atomic mass is 16.2. The van der Waals surface area contributed by atoms with Crippen LogP contribution in [0, 0.1) is 0 Å². The largest absolute Gasteiger partial charge is 0.319 e. The summed E-state index contributed by atoms with van der Waals surface area (Å²) < 4.78 is 0. The first-order valence-electron chi connectivity index (χ1n) is 4.91. The Morgan fingerprint density at radius 1 is 1.47 bits per heavy atom. The van der Waals surface area contributed by atoms with Crippen LogP contribution in [-0.4, -0.2) is 35.9 Å². The lowest BCUT2D eigenvalue weighted by molar-refractivity contribution is -0.115. The molecule has 76 valence electrons. The molecular weight excluding hydrogens is 192 g/mol. The van der Waals surface area contributed by atoms with Crippen LogP contribution in [0.1, 0.15) is 6.42 Å². The monoisotopic (exact) mass is 202 g/mol. The van der Waals surface area contributed by atoms with E-state index >= 15 is 0 Å². The maximum Gasteiger partial charge on any atom is 0.291 e. The molecule has 3 aliphatic heterocycles. The molecule has 0 saturated heterocycles. The molecule has 0 aromatic heterocycles. The fourth-order valence-corrected chi connectivity index (χ4v) is 1.95. The fourth-order valence-electron chi connectivity index (χ4n) is 1.95. The maximum absolute atomic E-state index is 11.7. The molecule has 0 aromatic rings. The third-order valence-corrected chi connectivity index (χ3v) is 2.63. The number of amidine groups is 1. The SMILES string of the molecule is O=C1NC2=C(CCN=C2)N2CC=CN=C12. The number of aliphatic imine (C=N–C) groups is 2. The smallest absolute Gasteiger partial charge is 0.291 e. The van der Waals surface area contributed by atoms with Gasteiger partial charge in [0.05, 0.1) is 5.70 Å². The Bertz CT molecular complexity index is 444. The molecule has 3 heterocycles. The molecule has 1 amide bonds. The zero-order valence-corrected chi connectivity index (χ0v) is 8.10. The summed E-state index contributed by atoms with van der Waals surface area (Å²) in [5, 5.41) is 2.80. The third-order valence-electron chi connectivity index (χ3n) is 2.63. The first kappa shape index (κ1) is 8.40. The number of hydrogen-bond acceptors (Lipinski definition) is 4. The van der Waals surface area contributed by atoms with E-state index in [1.807, 2.05) is 11.0 Å². The van der Waals surface area contributed by atoms with Crippen molar-refractivity contribution in [1.29, 1.82) is 0 Å². The standard InChI is InChI=1S/C10H10N4O/c15-10-9-12-3-1-5-14(9)8-2-4-11-6-7(8)13-10/h1,3,6H,2,4-5H2,(H,13,15). The highest BCUT2D eigenvalue weighted by molar-refractivity contribution is 6.40. The van der Waals surface area contributed by atoms with Gasteiger partial charge >= 0.3 is 0 Å². The van der Waals surface area contributed by atoms with Crippen LogP contribution in [0.15, 0.2) is 33.7 Å². The Morgan fingerprint density at radius 2 is 2.40 bits per heavy atom. The van der Waals surface area contributed by atoms with Gasteiger partial charge in [-0.25, -0.2) is 4.99 Å². The molecule has 0 atom stereocenters. The van der Waals surface area contributed by atoms with Crippen LogP contribution < -0.4 is 5.32 Å². The fraction of sp³-hybridized carbons (Fsp3) is 0.300. The molecule has 0 spiro atoms. The zero-order chi connectivity index (χ0) is 10.3. The number of fused-ring (bicyclic) bond motifs is 2. The quantitative estimate of drug-likeness (QED) is 0.602. The number of nitrogens with one attached hydrogen (secondary N) is 1. The van der Waals surface area contributed by atoms with Gasteiger partial charge in [0, 0.05) is 37.6 Å². The van der Waals surface area contributed by atoms with E-state index in [9.17, 15) is 4.79 Å². The molecule has 3 rings (SSSR count). The van der Waals surface area contributed by atoms with Crippen LogP contribution in [0.3, 0.4) is 0 Å². The number of rotatable bonds is 0. The predicted octanol–water partition coefficient (Wildman–Crippen LogP) is 0.0301. The molecule has 1 N–H and O–H groups in total. The summed E-state index contributed by atoms with van der Waals surface area (Å²) in [6.45, 7) is 1.50. The average molecular weight is 202 g/mol. The Balaban J connectivity index is 2.09. The Labute approximate surface area is 86.9 Å². The lowest BCUT2D eigenvalue weighted by atomic mass is 10.1. The van der Waals surface area contributed by atoms with Gasteiger partial charge in [-0.2, -0.15) is 0 Å². The summed E-state index contributed by atoms with van der Waals surface area (Å²) >= 11 is 0. The van der Waals surface area contributed by atoms with Gasteiger partial charge in [0.25, 0.3) is 5.91 Å². The molecular formula is C10H10N4O. The molecule has 3 aliphatic rings. The number of carbonyl (C=O) groups excluding carboxylic acids is 1. The summed E-state index contributed by atoms with van der Waals surface area (Å²) in [5.41, 5.74) is 1.94. The van der Waals surface area contributed by atoms with Crippen LogP contribution in [0.25, 0.3) is 0 Å². The van der Waals surface area contributed by atoms with Gasteiger partial charge in [0.1, 0.15) is 0 Å². The highest BCUT2D eigenvalue weighted by Crippen LogP contribution is 2.22. The van der Waals surface area contributed by atoms with Gasteiger partial charge in [-0.3, -0.25) is 9.79 Å². The van der Waals surface area contributed by atoms with Gasteiger partial charge in [-0.1, -0.05) is 0 Å². The van der Waals surface area contributed by atoms with E-state index in [1.165, 1.54) is 0 Å². The average Bonchev–Trinajstić information content (AvgIpc) is 2.30. The number of dihydropyridines is 1. The van der Waals surface area contributed by atoms with Crippen LogP contribution in [0.5, 0.6) is 0 Å². The number of nitrogens with zero attached hydrogens (tertiary/aromatic N) is 3. The summed E-state index contributed by atoms with van der Waals surface area (Å²) in [6, 6.07) is 0. The Morgan fingerprint density at radius 3 is 3.33 bits per heavy atom. The Kier molecular flexibility index (Phi) is 1.71. The van der Waals surface area contributed by atoms with Crippen LogP contribution in [0.2, 0.25) is 0 Å². The molecule has 5 heteroatoms. The zero-order valence-electron chi connectivity index (χ0n) is 8.10. The topological polar surface area (TPSA) is 57.1 Å². The second-order valence-corrected chi connectivity index (χ2v) is 3.55. The summed E-state index contributed by atoms with van der Waals surface area (Å²) in [7, 11) is 0. The van der Waals surface area contributed by atoms with Crippen molar-refractivity contribution in [3.05, 3.63) is 23.7 Å². The highest BCUT2D eigenvalue weighted by Gasteiger charge is 2.31. The first-order chi connectivity index (χ1) is 7.36. The lowest BCUT2D eigenvalue weighted by Crippen LogP contribution is -2.50. The van der Waals surface area contributed by atoms with Crippen LogP contribution >= 0.6 is 0 Å². The van der Waals surface area contributed by atoms with Crippen molar-refractivity contribution in [1.82, 2.24) is 10.2 Å². The molecule has 0 bridgehead atoms. The Hall–Kier alpha value is -1.91. The summed E-state index contributed by atoms with van der Waals surface area (Å²) in [6.07, 6.45) is 6.21. The molecule has 0 fully saturated rings. The van der Waals surface area contributed by atoms with Crippen LogP contribution in [-0.2, 0) is 4.79 Å². The van der Waals surface area contributed by atoms with E-state index in [0.29, 0.717) is 5.84 Å². The van der Waals surface area contributed by atoms with Gasteiger partial charge in [-0.05, 0) is 6.08 Å². The summed E-state index contributed by atoms with van der Waals surface area (Å²) in [4.78, 5) is 21.9. The van der Waals surface area contributed by atoms with Crippen molar-refractivity contribution in [2.45, 2.75) is 6.42 Å². The maximum atomic E-state index is 11.7. The third kappa shape index (κ3) is 1.20. The number of amides is 1. The molecule has 0 radical (unpaired) electrons. The van der Waals surface area contributed by atoms with Gasteiger partial charge < -0.3 is 10.2 Å². The molecule has 0 aliphatic carbocycles. The molecule has 5 nitrogen and oxygen atoms in total. The molecule has 0 saturated carbocycles. The minimum atomic E-state index is -0.147. The van der Waals surface area contributed by atoms with Crippen molar-refractivity contribution in [2.24, 2.45) is 9.98 Å². The first-order valence-corrected chi connectivity index (χ1v) is 4.91. The van der Waals surface area contributed by atoms with Crippen molar-refractivity contribution in [2.75, 3.05) is 13.1 Å². The van der Waals surface area contributed by atoms with E-state index in [-0.39, 0.29) is 5.91 Å². The van der Waals surface area contributed by atoms with Crippen molar-refractivity contribution >= 4 is 18.0 Å². The van der Waals surface area contributed by atoms with E-state index in [4.69, 9.17) is 0 Å². The van der Waals surface area contributed by atoms with Gasteiger partial charge in [0.15, 0.2) is 5.84 Å². The number of hydrogen-bond donors (Lipinski definition) is 1. The van der Waals surface area contributed by atoms with Gasteiger partial charge in [0.2, 0.25) is 0 Å². The minimum Gasteiger partial charge on any atom is -0.319 e. The second kappa shape index (κ2) is 3.05. The summed E-state index contributed by atoms with van der Waals surface area (Å²) in [5.74, 6) is 0.345. The normalized spacial score (nSPS) is 23.3. The number of carbonyl (C=O) groups is 1. The lowest BCUT2D eigenvalue weighted by Gasteiger charge is -2.34. The van der Waals surface area contributed by atoms with E-state index < -0.39 is 0 Å². The molecule has 0 unspecified atom stereocenters. The van der Waals surface area contributed by atoms with Crippen LogP contribution in [0.4, 0.5) is 0 Å².